The quantitative estimate of drug-likeness (QED) is 0.522. The van der Waals surface area contributed by atoms with Crippen molar-refractivity contribution >= 4 is 5.96 Å². The Labute approximate surface area is 132 Å². The lowest BCUT2D eigenvalue weighted by molar-refractivity contribution is 0.430. The third-order valence-electron chi connectivity index (χ3n) is 4.14. The molecule has 1 heterocycles. The van der Waals surface area contributed by atoms with E-state index in [1.807, 2.05) is 0 Å². The molecule has 3 nitrogen and oxygen atoms in total. The SMILES string of the molecule is CCCCCCN1CCN(CCCCCC)C1=NC(C)C. The van der Waals surface area contributed by atoms with Crippen molar-refractivity contribution in [3.63, 3.8) is 0 Å². The lowest BCUT2D eigenvalue weighted by Crippen LogP contribution is -2.35. The first-order chi connectivity index (χ1) is 10.2. The van der Waals surface area contributed by atoms with Gasteiger partial charge in [0.2, 0.25) is 0 Å². The minimum absolute atomic E-state index is 0.398. The van der Waals surface area contributed by atoms with Crippen LogP contribution in [-0.4, -0.2) is 48.0 Å². The lowest BCUT2D eigenvalue weighted by Gasteiger charge is -2.24. The van der Waals surface area contributed by atoms with Crippen molar-refractivity contribution in [1.82, 2.24) is 9.80 Å². The Kier molecular flexibility index (Phi) is 9.53. The number of rotatable bonds is 11. The molecular weight excluding hydrogens is 258 g/mol. The average molecular weight is 296 g/mol. The maximum atomic E-state index is 4.91. The topological polar surface area (TPSA) is 18.8 Å². The Morgan fingerprint density at radius 1 is 0.810 bits per heavy atom. The van der Waals surface area contributed by atoms with E-state index in [0.717, 1.165) is 0 Å². The largest absolute Gasteiger partial charge is 0.341 e. The molecule has 124 valence electrons. The van der Waals surface area contributed by atoms with Crippen molar-refractivity contribution in [2.45, 2.75) is 85.1 Å². The van der Waals surface area contributed by atoms with Gasteiger partial charge in [0.15, 0.2) is 5.96 Å². The van der Waals surface area contributed by atoms with Crippen LogP contribution in [0, 0.1) is 0 Å². The zero-order chi connectivity index (χ0) is 15.5. The molecular formula is C18H37N3. The Morgan fingerprint density at radius 2 is 1.29 bits per heavy atom. The highest BCUT2D eigenvalue weighted by molar-refractivity contribution is 5.82. The minimum Gasteiger partial charge on any atom is -0.341 e. The normalized spacial score (nSPS) is 15.4. The molecule has 0 saturated carbocycles. The van der Waals surface area contributed by atoms with Crippen LogP contribution >= 0.6 is 0 Å². The summed E-state index contributed by atoms with van der Waals surface area (Å²) in [6.07, 6.45) is 10.7. The van der Waals surface area contributed by atoms with Gasteiger partial charge in [0, 0.05) is 32.2 Å². The number of hydrogen-bond donors (Lipinski definition) is 0. The molecule has 0 spiro atoms. The maximum Gasteiger partial charge on any atom is 0.196 e. The van der Waals surface area contributed by atoms with E-state index in [9.17, 15) is 0 Å². The third kappa shape index (κ3) is 7.19. The van der Waals surface area contributed by atoms with Crippen molar-refractivity contribution in [1.29, 1.82) is 0 Å². The number of hydrogen-bond acceptors (Lipinski definition) is 1. The van der Waals surface area contributed by atoms with E-state index in [1.54, 1.807) is 0 Å². The molecule has 3 heteroatoms. The second-order valence-corrected chi connectivity index (χ2v) is 6.62. The zero-order valence-corrected chi connectivity index (χ0v) is 14.9. The van der Waals surface area contributed by atoms with E-state index >= 15 is 0 Å². The first kappa shape index (κ1) is 18.3. The number of unbranched alkanes of at least 4 members (excludes halogenated alkanes) is 6. The molecule has 1 rings (SSSR count). The summed E-state index contributed by atoms with van der Waals surface area (Å²) in [5.41, 5.74) is 0. The fraction of sp³-hybridized carbons (Fsp3) is 0.944. The van der Waals surface area contributed by atoms with Crippen LogP contribution in [0.4, 0.5) is 0 Å². The second-order valence-electron chi connectivity index (χ2n) is 6.62. The molecule has 1 fully saturated rings. The molecule has 0 amide bonds. The van der Waals surface area contributed by atoms with Gasteiger partial charge in [0.25, 0.3) is 0 Å². The Balaban J connectivity index is 2.45. The van der Waals surface area contributed by atoms with Gasteiger partial charge in [-0.3, -0.25) is 4.99 Å². The smallest absolute Gasteiger partial charge is 0.196 e. The Hall–Kier alpha value is -0.730. The predicted molar refractivity (Wildman–Crippen MR) is 94.0 cm³/mol. The molecule has 0 aromatic rings. The molecule has 0 aromatic carbocycles. The van der Waals surface area contributed by atoms with Gasteiger partial charge in [-0.25, -0.2) is 0 Å². The van der Waals surface area contributed by atoms with E-state index < -0.39 is 0 Å². The van der Waals surface area contributed by atoms with Crippen LogP contribution in [0.15, 0.2) is 4.99 Å². The lowest BCUT2D eigenvalue weighted by atomic mass is 10.2. The summed E-state index contributed by atoms with van der Waals surface area (Å²) in [7, 11) is 0. The van der Waals surface area contributed by atoms with Gasteiger partial charge in [-0.1, -0.05) is 52.4 Å². The summed E-state index contributed by atoms with van der Waals surface area (Å²) < 4.78 is 0. The molecule has 0 unspecified atom stereocenters. The molecule has 0 atom stereocenters. The van der Waals surface area contributed by atoms with Crippen LogP contribution in [0.2, 0.25) is 0 Å². The van der Waals surface area contributed by atoms with Gasteiger partial charge in [0.05, 0.1) is 0 Å². The van der Waals surface area contributed by atoms with E-state index in [2.05, 4.69) is 37.5 Å². The Morgan fingerprint density at radius 3 is 1.67 bits per heavy atom. The highest BCUT2D eigenvalue weighted by Crippen LogP contribution is 2.14. The van der Waals surface area contributed by atoms with Crippen molar-refractivity contribution in [2.75, 3.05) is 26.2 Å². The number of aliphatic imine (C=N–C) groups is 1. The van der Waals surface area contributed by atoms with E-state index in [4.69, 9.17) is 4.99 Å². The van der Waals surface area contributed by atoms with Crippen molar-refractivity contribution in [2.24, 2.45) is 4.99 Å². The van der Waals surface area contributed by atoms with Gasteiger partial charge in [0.1, 0.15) is 0 Å². The fourth-order valence-corrected chi connectivity index (χ4v) is 2.92. The summed E-state index contributed by atoms with van der Waals surface area (Å²) in [6.45, 7) is 13.7. The third-order valence-corrected chi connectivity index (χ3v) is 4.14. The van der Waals surface area contributed by atoms with E-state index in [-0.39, 0.29) is 0 Å². The van der Waals surface area contributed by atoms with Crippen molar-refractivity contribution < 1.29 is 0 Å². The van der Waals surface area contributed by atoms with E-state index in [0.29, 0.717) is 6.04 Å². The van der Waals surface area contributed by atoms with Crippen LogP contribution in [0.3, 0.4) is 0 Å². The number of nitrogens with zero attached hydrogens (tertiary/aromatic N) is 3. The van der Waals surface area contributed by atoms with Gasteiger partial charge in [-0.2, -0.15) is 0 Å². The molecule has 0 bridgehead atoms. The molecule has 0 N–H and O–H groups in total. The number of guanidine groups is 1. The summed E-state index contributed by atoms with van der Waals surface area (Å²) in [5.74, 6) is 1.28. The van der Waals surface area contributed by atoms with Crippen LogP contribution in [0.5, 0.6) is 0 Å². The fourth-order valence-electron chi connectivity index (χ4n) is 2.92. The molecule has 1 aliphatic heterocycles. The highest BCUT2D eigenvalue weighted by atomic mass is 15.4. The second kappa shape index (κ2) is 10.9. The summed E-state index contributed by atoms with van der Waals surface area (Å²) in [4.78, 5) is 9.95. The molecule has 0 aliphatic carbocycles. The summed E-state index contributed by atoms with van der Waals surface area (Å²) in [6, 6.07) is 0.398. The van der Waals surface area contributed by atoms with Gasteiger partial charge in [-0.15, -0.1) is 0 Å². The average Bonchev–Trinajstić information content (AvgIpc) is 2.82. The molecule has 1 saturated heterocycles. The molecule has 0 radical (unpaired) electrons. The predicted octanol–water partition coefficient (Wildman–Crippen LogP) is 4.53. The van der Waals surface area contributed by atoms with Crippen LogP contribution in [0.25, 0.3) is 0 Å². The van der Waals surface area contributed by atoms with Gasteiger partial charge < -0.3 is 9.80 Å². The van der Waals surface area contributed by atoms with Crippen molar-refractivity contribution in [3.05, 3.63) is 0 Å². The van der Waals surface area contributed by atoms with Gasteiger partial charge >= 0.3 is 0 Å². The first-order valence-electron chi connectivity index (χ1n) is 9.26. The van der Waals surface area contributed by atoms with E-state index in [1.165, 1.54) is 83.5 Å². The van der Waals surface area contributed by atoms with Crippen molar-refractivity contribution in [3.8, 4) is 0 Å². The van der Waals surface area contributed by atoms with Crippen LogP contribution in [0.1, 0.15) is 79.1 Å². The Bertz CT molecular complexity index is 264. The minimum atomic E-state index is 0.398. The monoisotopic (exact) mass is 295 g/mol. The molecule has 21 heavy (non-hydrogen) atoms. The maximum absolute atomic E-state index is 4.91. The molecule has 0 aromatic heterocycles. The molecule has 1 aliphatic rings. The zero-order valence-electron chi connectivity index (χ0n) is 14.9. The summed E-state index contributed by atoms with van der Waals surface area (Å²) in [5, 5.41) is 0. The standard InChI is InChI=1S/C18H37N3/c1-5-7-9-11-13-20-15-16-21(14-12-10-8-6-2)18(20)19-17(3)4/h17H,5-16H2,1-4H3. The van der Waals surface area contributed by atoms with Gasteiger partial charge in [-0.05, 0) is 26.7 Å². The first-order valence-corrected chi connectivity index (χ1v) is 9.26. The summed E-state index contributed by atoms with van der Waals surface area (Å²) >= 11 is 0. The van der Waals surface area contributed by atoms with Crippen LogP contribution in [-0.2, 0) is 0 Å². The van der Waals surface area contributed by atoms with Crippen LogP contribution < -0.4 is 0 Å². The highest BCUT2D eigenvalue weighted by Gasteiger charge is 2.25.